The number of hydrogen-bond acceptors (Lipinski definition) is 14. The van der Waals surface area contributed by atoms with Crippen molar-refractivity contribution in [3.05, 3.63) is 52.7 Å². The van der Waals surface area contributed by atoms with Gasteiger partial charge in [0.1, 0.15) is 70.6 Å². The number of fused-ring (bicyclic) bond motifs is 1. The number of aliphatic hydroxyl groups excluding tert-OH is 6. The van der Waals surface area contributed by atoms with E-state index in [-0.39, 0.29) is 28.2 Å². The molecule has 2 aliphatic heterocycles. The number of phenolic OH excluding ortho intramolecular Hbond substituents is 1. The van der Waals surface area contributed by atoms with Crippen LogP contribution in [-0.4, -0.2) is 111 Å². The van der Waals surface area contributed by atoms with Gasteiger partial charge in [0.05, 0.1) is 19.8 Å². The maximum Gasteiger partial charge on any atom is 0.229 e. The van der Waals surface area contributed by atoms with E-state index in [9.17, 15) is 40.5 Å². The van der Waals surface area contributed by atoms with Crippen molar-refractivity contribution in [3.8, 4) is 28.6 Å². The summed E-state index contributed by atoms with van der Waals surface area (Å²) in [4.78, 5) is 12.7. The highest BCUT2D eigenvalue weighted by Gasteiger charge is 2.50. The summed E-state index contributed by atoms with van der Waals surface area (Å²) in [6, 6.07) is 10.2. The molecule has 14 nitrogen and oxygen atoms in total. The van der Waals surface area contributed by atoms with Crippen molar-refractivity contribution in [1.29, 1.82) is 0 Å². The van der Waals surface area contributed by atoms with Gasteiger partial charge in [0, 0.05) is 23.8 Å². The third kappa shape index (κ3) is 5.68. The van der Waals surface area contributed by atoms with Gasteiger partial charge in [-0.2, -0.15) is 0 Å². The van der Waals surface area contributed by atoms with Gasteiger partial charge < -0.3 is 63.8 Å². The summed E-state index contributed by atoms with van der Waals surface area (Å²) in [6.07, 6.45) is -14.6. The number of phenols is 1. The second-order valence-electron chi connectivity index (χ2n) is 10.1. The van der Waals surface area contributed by atoms with Crippen LogP contribution in [0, 0.1) is 0 Å². The Labute approximate surface area is 238 Å². The third-order valence-corrected chi connectivity index (χ3v) is 7.33. The Hall–Kier alpha value is -3.31. The average molecular weight is 593 g/mol. The minimum absolute atomic E-state index is 0.00246. The van der Waals surface area contributed by atoms with E-state index in [0.717, 1.165) is 0 Å². The molecule has 228 valence electrons. The number of hydrogen-bond donors (Lipinski definition) is 7. The van der Waals surface area contributed by atoms with Crippen molar-refractivity contribution in [2.45, 2.75) is 68.3 Å². The molecule has 2 aromatic carbocycles. The van der Waals surface area contributed by atoms with Crippen LogP contribution in [0.5, 0.6) is 17.2 Å². The molecule has 42 heavy (non-hydrogen) atoms. The predicted octanol–water partition coefficient (Wildman–Crippen LogP) is -0.795. The van der Waals surface area contributed by atoms with Crippen LogP contribution >= 0.6 is 0 Å². The van der Waals surface area contributed by atoms with Gasteiger partial charge in [-0.3, -0.25) is 4.79 Å². The summed E-state index contributed by atoms with van der Waals surface area (Å²) in [5, 5.41) is 71.5. The van der Waals surface area contributed by atoms with Crippen molar-refractivity contribution < 1.29 is 63.8 Å². The first-order valence-electron chi connectivity index (χ1n) is 13.1. The van der Waals surface area contributed by atoms with E-state index in [1.807, 2.05) is 0 Å². The largest absolute Gasteiger partial charge is 0.507 e. The van der Waals surface area contributed by atoms with Gasteiger partial charge in [-0.05, 0) is 31.2 Å². The molecule has 3 aromatic rings. The number of ether oxygens (including phenoxy) is 5. The van der Waals surface area contributed by atoms with Crippen molar-refractivity contribution >= 4 is 11.0 Å². The van der Waals surface area contributed by atoms with Gasteiger partial charge in [-0.15, -0.1) is 0 Å². The third-order valence-electron chi connectivity index (χ3n) is 7.33. The Morgan fingerprint density at radius 3 is 2.21 bits per heavy atom. The molecule has 1 aromatic heterocycles. The normalized spacial score (nSPS) is 33.4. The van der Waals surface area contributed by atoms with E-state index >= 15 is 0 Å². The second-order valence-corrected chi connectivity index (χ2v) is 10.1. The minimum Gasteiger partial charge on any atom is -0.507 e. The molecule has 7 N–H and O–H groups in total. The Morgan fingerprint density at radius 2 is 1.55 bits per heavy atom. The molecule has 0 amide bonds. The second kappa shape index (κ2) is 12.1. The van der Waals surface area contributed by atoms with Crippen LogP contribution in [0.3, 0.4) is 0 Å². The molecule has 2 saturated heterocycles. The van der Waals surface area contributed by atoms with Crippen molar-refractivity contribution in [1.82, 2.24) is 0 Å². The number of aliphatic hydroxyl groups is 6. The molecule has 10 atom stereocenters. The maximum absolute atomic E-state index is 12.7. The van der Waals surface area contributed by atoms with Crippen LogP contribution in [-0.2, 0) is 14.2 Å². The predicted molar refractivity (Wildman–Crippen MR) is 142 cm³/mol. The van der Waals surface area contributed by atoms with E-state index in [2.05, 4.69) is 0 Å². The molecule has 0 unspecified atom stereocenters. The van der Waals surface area contributed by atoms with Gasteiger partial charge in [0.25, 0.3) is 0 Å². The summed E-state index contributed by atoms with van der Waals surface area (Å²) < 4.78 is 33.7. The Morgan fingerprint density at radius 1 is 0.833 bits per heavy atom. The van der Waals surface area contributed by atoms with Crippen LogP contribution in [0.25, 0.3) is 22.3 Å². The average Bonchev–Trinajstić information content (AvgIpc) is 2.98. The minimum atomic E-state index is -1.70. The van der Waals surface area contributed by atoms with E-state index in [0.29, 0.717) is 11.3 Å². The molecule has 2 fully saturated rings. The van der Waals surface area contributed by atoms with Crippen LogP contribution in [0.2, 0.25) is 0 Å². The molecule has 0 bridgehead atoms. The SMILES string of the molecule is COc1cc(O)c2c(=O)cc(-c3ccc(O[C@@H]4O[C@H](CO)[C@@H](O)[C@H](O)[C@H]4O[C@@H]4O[C@@H](C)[C@H](O)[C@@H](O)[C@H]4O)cc3)oc2c1. The summed E-state index contributed by atoms with van der Waals surface area (Å²) >= 11 is 0. The molecule has 0 saturated carbocycles. The lowest BCUT2D eigenvalue weighted by molar-refractivity contribution is -0.354. The summed E-state index contributed by atoms with van der Waals surface area (Å²) in [5.74, 6) is 0.401. The first kappa shape index (κ1) is 30.2. The molecule has 2 aliphatic rings. The quantitative estimate of drug-likeness (QED) is 0.179. The Balaban J connectivity index is 1.39. The molecular formula is C28H32O14. The van der Waals surface area contributed by atoms with Crippen molar-refractivity contribution in [2.24, 2.45) is 0 Å². The smallest absolute Gasteiger partial charge is 0.229 e. The van der Waals surface area contributed by atoms with E-state index in [1.165, 1.54) is 44.4 Å². The van der Waals surface area contributed by atoms with Crippen LogP contribution < -0.4 is 14.9 Å². The standard InChI is InChI=1S/C28H32O14/c1-11-21(32)23(34)25(36)27(38-11)42-26-24(35)22(33)19(10-29)41-28(26)39-13-5-3-12(4-6-13)17-9-16(31)20-15(30)7-14(37-2)8-18(20)40-17/h3-9,11,19,21-30,32-36H,10H2,1-2H3/t11-,19+,21-,22+,23+,24-,25+,26+,27-,28+/m0/s1. The molecule has 3 heterocycles. The summed E-state index contributed by atoms with van der Waals surface area (Å²) in [5.41, 5.74) is 0.126. The highest BCUT2D eigenvalue weighted by Crippen LogP contribution is 2.33. The number of aromatic hydroxyl groups is 1. The van der Waals surface area contributed by atoms with Crippen LogP contribution in [0.4, 0.5) is 0 Å². The van der Waals surface area contributed by atoms with E-state index in [4.69, 9.17) is 28.1 Å². The fraction of sp³-hybridized carbons (Fsp3) is 0.464. The number of methoxy groups -OCH3 is 1. The Kier molecular flexibility index (Phi) is 8.71. The van der Waals surface area contributed by atoms with Gasteiger partial charge in [-0.1, -0.05) is 0 Å². The molecule has 14 heteroatoms. The van der Waals surface area contributed by atoms with Crippen LogP contribution in [0.1, 0.15) is 6.92 Å². The lowest BCUT2D eigenvalue weighted by atomic mass is 9.97. The number of benzene rings is 2. The molecule has 0 spiro atoms. The van der Waals surface area contributed by atoms with Gasteiger partial charge >= 0.3 is 0 Å². The lowest BCUT2D eigenvalue weighted by Gasteiger charge is -2.45. The first-order chi connectivity index (χ1) is 20.0. The Bertz CT molecular complexity index is 1440. The van der Waals surface area contributed by atoms with Crippen LogP contribution in [0.15, 0.2) is 51.7 Å². The fourth-order valence-corrected chi connectivity index (χ4v) is 4.91. The van der Waals surface area contributed by atoms with Gasteiger partial charge in [0.15, 0.2) is 17.8 Å². The zero-order chi connectivity index (χ0) is 30.3. The monoisotopic (exact) mass is 592 g/mol. The molecule has 0 aliphatic carbocycles. The molecular weight excluding hydrogens is 560 g/mol. The highest BCUT2D eigenvalue weighted by atomic mass is 16.8. The summed E-state index contributed by atoms with van der Waals surface area (Å²) in [7, 11) is 1.41. The van der Waals surface area contributed by atoms with Crippen molar-refractivity contribution in [3.63, 3.8) is 0 Å². The topological polar surface area (TPSA) is 218 Å². The fourth-order valence-electron chi connectivity index (χ4n) is 4.91. The summed E-state index contributed by atoms with van der Waals surface area (Å²) in [6.45, 7) is 0.794. The first-order valence-corrected chi connectivity index (χ1v) is 13.1. The maximum atomic E-state index is 12.7. The zero-order valence-electron chi connectivity index (χ0n) is 22.5. The van der Waals surface area contributed by atoms with Gasteiger partial charge in [-0.25, -0.2) is 0 Å². The zero-order valence-corrected chi connectivity index (χ0v) is 22.5. The highest BCUT2D eigenvalue weighted by molar-refractivity contribution is 5.86. The number of rotatable bonds is 7. The lowest BCUT2D eigenvalue weighted by Crippen LogP contribution is -2.64. The molecule has 0 radical (unpaired) electrons. The molecule has 5 rings (SSSR count). The van der Waals surface area contributed by atoms with E-state index < -0.39 is 73.4 Å². The van der Waals surface area contributed by atoms with Crippen molar-refractivity contribution in [2.75, 3.05) is 13.7 Å². The van der Waals surface area contributed by atoms with Gasteiger partial charge in [0.2, 0.25) is 6.29 Å². The van der Waals surface area contributed by atoms with E-state index in [1.54, 1.807) is 12.1 Å².